The number of oxime groups is 1. The van der Waals surface area contributed by atoms with Crippen LogP contribution in [0.4, 0.5) is 5.69 Å². The summed E-state index contributed by atoms with van der Waals surface area (Å²) in [6.45, 7) is 2.77. The number of rotatable bonds is 2. The highest BCUT2D eigenvalue weighted by Gasteiger charge is 2.36. The van der Waals surface area contributed by atoms with Crippen LogP contribution < -0.4 is 4.90 Å². The Kier molecular flexibility index (Phi) is 3.37. The average molecular weight is 306 g/mol. The number of fused-ring (bicyclic) bond motifs is 1. The molecule has 116 valence electrons. The molecular formula is C19H18N2O2. The highest BCUT2D eigenvalue weighted by atomic mass is 16.6. The minimum atomic E-state index is -0.518. The molecule has 4 rings (SSSR count). The largest absolute Gasteiger partial charge is 0.382 e. The fraction of sp³-hybridized carbons (Fsp3) is 0.263. The van der Waals surface area contributed by atoms with Crippen molar-refractivity contribution in [3.63, 3.8) is 0 Å². The highest BCUT2D eigenvalue weighted by molar-refractivity contribution is 6.07. The number of anilines is 1. The van der Waals surface area contributed by atoms with Gasteiger partial charge in [-0.2, -0.15) is 0 Å². The number of amides is 1. The van der Waals surface area contributed by atoms with Gasteiger partial charge < -0.3 is 9.74 Å². The van der Waals surface area contributed by atoms with E-state index in [0.29, 0.717) is 6.42 Å². The number of benzene rings is 2. The standard InChI is InChI=1S/C19H18N2O2/c1-13-6-5-9-15-10-11-21(18(13)15)19(22)17-12-16(20-23-17)14-7-3-2-4-8-14/h2-9,17H,10-12H2,1H3. The van der Waals surface area contributed by atoms with Crippen molar-refractivity contribution in [2.75, 3.05) is 11.4 Å². The fourth-order valence-corrected chi connectivity index (χ4v) is 3.36. The van der Waals surface area contributed by atoms with Gasteiger partial charge in [0.1, 0.15) is 0 Å². The maximum atomic E-state index is 12.9. The third-order valence-electron chi connectivity index (χ3n) is 4.51. The lowest BCUT2D eigenvalue weighted by atomic mass is 10.0. The topological polar surface area (TPSA) is 41.9 Å². The number of nitrogens with zero attached hydrogens (tertiary/aromatic N) is 2. The predicted octanol–water partition coefficient (Wildman–Crippen LogP) is 3.08. The van der Waals surface area contributed by atoms with Crippen molar-refractivity contribution in [2.24, 2.45) is 5.16 Å². The number of para-hydroxylation sites is 1. The number of carbonyl (C=O) groups excluding carboxylic acids is 1. The minimum absolute atomic E-state index is 0.00716. The second-order valence-electron chi connectivity index (χ2n) is 6.02. The fourth-order valence-electron chi connectivity index (χ4n) is 3.36. The van der Waals surface area contributed by atoms with Crippen LogP contribution in [0.25, 0.3) is 0 Å². The van der Waals surface area contributed by atoms with Gasteiger partial charge in [0, 0.05) is 18.7 Å². The Balaban J connectivity index is 1.53. The molecule has 0 fully saturated rings. The Labute approximate surface area is 135 Å². The third-order valence-corrected chi connectivity index (χ3v) is 4.51. The van der Waals surface area contributed by atoms with E-state index in [1.165, 1.54) is 5.56 Å². The van der Waals surface area contributed by atoms with Gasteiger partial charge in [-0.25, -0.2) is 0 Å². The third kappa shape index (κ3) is 2.40. The molecule has 0 saturated heterocycles. The number of hydrogen-bond donors (Lipinski definition) is 0. The number of hydrogen-bond acceptors (Lipinski definition) is 3. The van der Waals surface area contributed by atoms with Crippen LogP contribution in [0.5, 0.6) is 0 Å². The predicted molar refractivity (Wildman–Crippen MR) is 89.7 cm³/mol. The second kappa shape index (κ2) is 5.54. The molecule has 0 radical (unpaired) electrons. The lowest BCUT2D eigenvalue weighted by Crippen LogP contribution is -2.38. The van der Waals surface area contributed by atoms with E-state index in [0.717, 1.165) is 35.5 Å². The van der Waals surface area contributed by atoms with Crippen LogP contribution in [-0.2, 0) is 16.1 Å². The summed E-state index contributed by atoms with van der Waals surface area (Å²) < 4.78 is 0. The van der Waals surface area contributed by atoms with E-state index in [1.54, 1.807) is 0 Å². The van der Waals surface area contributed by atoms with Crippen LogP contribution in [0.3, 0.4) is 0 Å². The van der Waals surface area contributed by atoms with Crippen molar-refractivity contribution in [3.8, 4) is 0 Å². The zero-order valence-electron chi connectivity index (χ0n) is 13.0. The van der Waals surface area contributed by atoms with Crippen LogP contribution in [-0.4, -0.2) is 24.3 Å². The van der Waals surface area contributed by atoms with Crippen molar-refractivity contribution in [2.45, 2.75) is 25.9 Å². The Bertz CT molecular complexity index is 783. The first kappa shape index (κ1) is 14.0. The Morgan fingerprint density at radius 1 is 1.17 bits per heavy atom. The molecule has 2 aromatic rings. The van der Waals surface area contributed by atoms with Gasteiger partial charge in [0.05, 0.1) is 5.71 Å². The molecule has 0 N–H and O–H groups in total. The van der Waals surface area contributed by atoms with E-state index in [4.69, 9.17) is 4.84 Å². The normalized spacial score (nSPS) is 19.3. The van der Waals surface area contributed by atoms with Crippen LogP contribution in [0.1, 0.15) is 23.1 Å². The molecule has 1 unspecified atom stereocenters. The molecule has 4 heteroatoms. The molecule has 4 nitrogen and oxygen atoms in total. The molecule has 0 saturated carbocycles. The van der Waals surface area contributed by atoms with Gasteiger partial charge in [0.25, 0.3) is 5.91 Å². The molecule has 0 bridgehead atoms. The van der Waals surface area contributed by atoms with Crippen LogP contribution in [0, 0.1) is 6.92 Å². The molecule has 0 aliphatic carbocycles. The molecule has 0 aromatic heterocycles. The van der Waals surface area contributed by atoms with Crippen LogP contribution >= 0.6 is 0 Å². The minimum Gasteiger partial charge on any atom is -0.382 e. The summed E-state index contributed by atoms with van der Waals surface area (Å²) in [5.41, 5.74) is 5.28. The van der Waals surface area contributed by atoms with Gasteiger partial charge in [-0.05, 0) is 30.0 Å². The Morgan fingerprint density at radius 2 is 2.00 bits per heavy atom. The van der Waals surface area contributed by atoms with Crippen molar-refractivity contribution in [1.82, 2.24) is 0 Å². The summed E-state index contributed by atoms with van der Waals surface area (Å²) in [4.78, 5) is 20.2. The first-order valence-electron chi connectivity index (χ1n) is 7.92. The second-order valence-corrected chi connectivity index (χ2v) is 6.02. The van der Waals surface area contributed by atoms with Gasteiger partial charge >= 0.3 is 0 Å². The monoisotopic (exact) mass is 306 g/mol. The molecule has 2 aromatic carbocycles. The van der Waals surface area contributed by atoms with Gasteiger partial charge in [0.15, 0.2) is 0 Å². The SMILES string of the molecule is Cc1cccc2c1N(C(=O)C1CC(c3ccccc3)=NO1)CC2. The summed E-state index contributed by atoms with van der Waals surface area (Å²) in [6, 6.07) is 16.1. The lowest BCUT2D eigenvalue weighted by molar-refractivity contribution is -0.128. The van der Waals surface area contributed by atoms with Crippen LogP contribution in [0.15, 0.2) is 53.7 Å². The summed E-state index contributed by atoms with van der Waals surface area (Å²) in [7, 11) is 0. The summed E-state index contributed by atoms with van der Waals surface area (Å²) >= 11 is 0. The van der Waals surface area contributed by atoms with E-state index in [-0.39, 0.29) is 5.91 Å². The quantitative estimate of drug-likeness (QED) is 0.855. The van der Waals surface area contributed by atoms with Gasteiger partial charge in [-0.3, -0.25) is 4.79 Å². The van der Waals surface area contributed by atoms with E-state index in [1.807, 2.05) is 54.3 Å². The van der Waals surface area contributed by atoms with E-state index >= 15 is 0 Å². The maximum absolute atomic E-state index is 12.9. The molecule has 1 atom stereocenters. The Morgan fingerprint density at radius 3 is 2.83 bits per heavy atom. The van der Waals surface area contributed by atoms with E-state index in [9.17, 15) is 4.79 Å². The van der Waals surface area contributed by atoms with Crippen molar-refractivity contribution >= 4 is 17.3 Å². The Hall–Kier alpha value is -2.62. The van der Waals surface area contributed by atoms with Crippen LogP contribution in [0.2, 0.25) is 0 Å². The van der Waals surface area contributed by atoms with Crippen molar-refractivity contribution in [3.05, 3.63) is 65.2 Å². The zero-order valence-corrected chi connectivity index (χ0v) is 13.0. The average Bonchev–Trinajstić information content (AvgIpc) is 3.23. The molecule has 1 amide bonds. The zero-order chi connectivity index (χ0) is 15.8. The first-order chi connectivity index (χ1) is 11.2. The lowest BCUT2D eigenvalue weighted by Gasteiger charge is -2.21. The summed E-state index contributed by atoms with van der Waals surface area (Å²) in [6.07, 6.45) is 0.915. The van der Waals surface area contributed by atoms with Crippen molar-refractivity contribution in [1.29, 1.82) is 0 Å². The molecule has 2 heterocycles. The van der Waals surface area contributed by atoms with E-state index < -0.39 is 6.10 Å². The highest BCUT2D eigenvalue weighted by Crippen LogP contribution is 2.33. The molecule has 23 heavy (non-hydrogen) atoms. The van der Waals surface area contributed by atoms with E-state index in [2.05, 4.69) is 11.2 Å². The smallest absolute Gasteiger partial charge is 0.271 e. The van der Waals surface area contributed by atoms with Gasteiger partial charge in [-0.1, -0.05) is 53.7 Å². The maximum Gasteiger partial charge on any atom is 0.271 e. The molecule has 2 aliphatic heterocycles. The number of aryl methyl sites for hydroxylation is 1. The molecular weight excluding hydrogens is 288 g/mol. The molecule has 0 spiro atoms. The van der Waals surface area contributed by atoms with Gasteiger partial charge in [0.2, 0.25) is 6.10 Å². The van der Waals surface area contributed by atoms with Gasteiger partial charge in [-0.15, -0.1) is 0 Å². The summed E-state index contributed by atoms with van der Waals surface area (Å²) in [5.74, 6) is 0.00716. The summed E-state index contributed by atoms with van der Waals surface area (Å²) in [5, 5.41) is 4.13. The molecule has 2 aliphatic rings. The number of carbonyl (C=O) groups is 1. The van der Waals surface area contributed by atoms with Crippen molar-refractivity contribution < 1.29 is 9.63 Å². The first-order valence-corrected chi connectivity index (χ1v) is 7.92.